The van der Waals surface area contributed by atoms with E-state index in [4.69, 9.17) is 0 Å². The molecule has 4 N–H and O–H groups in total. The molecule has 7 nitrogen and oxygen atoms in total. The van der Waals surface area contributed by atoms with Gasteiger partial charge in [0, 0.05) is 23.7 Å². The summed E-state index contributed by atoms with van der Waals surface area (Å²) in [7, 11) is 0. The lowest BCUT2D eigenvalue weighted by atomic mass is 9.39. The summed E-state index contributed by atoms with van der Waals surface area (Å²) in [5.41, 5.74) is -5.75. The fourth-order valence-corrected chi connectivity index (χ4v) is 8.58. The average molecular weight is 515 g/mol. The monoisotopic (exact) mass is 514 g/mol. The van der Waals surface area contributed by atoms with Crippen molar-refractivity contribution in [1.29, 1.82) is 0 Å². The lowest BCUT2D eigenvalue weighted by Gasteiger charge is -2.63. The van der Waals surface area contributed by atoms with Crippen LogP contribution < -0.4 is 0 Å². The molecule has 7 heteroatoms. The molecule has 0 saturated heterocycles. The highest BCUT2D eigenvalue weighted by Gasteiger charge is 2.74. The first kappa shape index (κ1) is 27.9. The van der Waals surface area contributed by atoms with Gasteiger partial charge >= 0.3 is 0 Å². The van der Waals surface area contributed by atoms with E-state index in [1.165, 1.54) is 32.9 Å². The van der Waals surface area contributed by atoms with Gasteiger partial charge in [-0.25, -0.2) is 0 Å². The smallest absolute Gasteiger partial charge is 0.206 e. The van der Waals surface area contributed by atoms with E-state index in [0.29, 0.717) is 12.8 Å². The van der Waals surface area contributed by atoms with Gasteiger partial charge in [0.05, 0.1) is 17.1 Å². The molecule has 37 heavy (non-hydrogen) atoms. The summed E-state index contributed by atoms with van der Waals surface area (Å²) >= 11 is 0. The Morgan fingerprint density at radius 1 is 1.05 bits per heavy atom. The molecule has 8 unspecified atom stereocenters. The van der Waals surface area contributed by atoms with Crippen molar-refractivity contribution in [2.24, 2.45) is 39.4 Å². The first-order valence-electron chi connectivity index (χ1n) is 13.2. The standard InChI is InChI=1S/C30H42O7/c1-25(2,36)12-11-21(33)30(8,37)23-19(32)14-27(5)20-10-9-16-17(13-18(31)24(35)26(16,3)4)29(20,7)22(34)15-28(23,27)6/h9,11-13,17,19-20,23,31-32,36-37H,10,14-15H2,1-8H3/b12-11+. The van der Waals surface area contributed by atoms with Gasteiger partial charge in [0.1, 0.15) is 11.4 Å². The Bertz CT molecular complexity index is 1150. The second-order valence-electron chi connectivity index (χ2n) is 13.9. The number of fused-ring (bicyclic) bond motifs is 5. The predicted molar refractivity (Wildman–Crippen MR) is 138 cm³/mol. The van der Waals surface area contributed by atoms with E-state index in [1.807, 2.05) is 26.8 Å². The molecule has 4 aliphatic carbocycles. The maximum atomic E-state index is 14.2. The fraction of sp³-hybridized carbons (Fsp3) is 0.700. The highest BCUT2D eigenvalue weighted by Crippen LogP contribution is 2.73. The Labute approximate surface area is 219 Å². The highest BCUT2D eigenvalue weighted by molar-refractivity contribution is 6.02. The third kappa shape index (κ3) is 3.60. The molecule has 4 rings (SSSR count). The molecule has 0 bridgehead atoms. The van der Waals surface area contributed by atoms with Crippen molar-refractivity contribution in [2.75, 3.05) is 0 Å². The van der Waals surface area contributed by atoms with Crippen molar-refractivity contribution >= 4 is 17.3 Å². The third-order valence-electron chi connectivity index (χ3n) is 10.8. The van der Waals surface area contributed by atoms with Crippen LogP contribution in [0.1, 0.15) is 74.7 Å². The summed E-state index contributed by atoms with van der Waals surface area (Å²) in [6.45, 7) is 13.8. The van der Waals surface area contributed by atoms with Gasteiger partial charge in [-0.15, -0.1) is 0 Å². The first-order chi connectivity index (χ1) is 16.7. The van der Waals surface area contributed by atoms with E-state index in [-0.39, 0.29) is 29.7 Å². The minimum absolute atomic E-state index is 0.0453. The van der Waals surface area contributed by atoms with E-state index < -0.39 is 56.6 Å². The minimum Gasteiger partial charge on any atom is -0.505 e. The number of carbonyl (C=O) groups is 3. The van der Waals surface area contributed by atoms with E-state index >= 15 is 0 Å². The molecule has 0 aromatic heterocycles. The largest absolute Gasteiger partial charge is 0.505 e. The number of aliphatic hydroxyl groups excluding tert-OH is 2. The molecule has 0 aromatic rings. The summed E-state index contributed by atoms with van der Waals surface area (Å²) in [6, 6.07) is 0. The van der Waals surface area contributed by atoms with Crippen LogP contribution in [0, 0.1) is 39.4 Å². The van der Waals surface area contributed by atoms with Crippen LogP contribution in [0.5, 0.6) is 0 Å². The van der Waals surface area contributed by atoms with E-state index in [0.717, 1.165) is 11.6 Å². The summed E-state index contributed by atoms with van der Waals surface area (Å²) in [4.78, 5) is 40.1. The molecule has 0 aromatic carbocycles. The van der Waals surface area contributed by atoms with Gasteiger partial charge in [-0.2, -0.15) is 0 Å². The zero-order valence-corrected chi connectivity index (χ0v) is 23.3. The van der Waals surface area contributed by atoms with Gasteiger partial charge in [-0.3, -0.25) is 14.4 Å². The molecule has 8 atom stereocenters. The lowest BCUT2D eigenvalue weighted by molar-refractivity contribution is -0.179. The van der Waals surface area contributed by atoms with Crippen LogP contribution in [0.15, 0.2) is 35.6 Å². The summed E-state index contributed by atoms with van der Waals surface area (Å²) < 4.78 is 0. The van der Waals surface area contributed by atoms with Crippen molar-refractivity contribution in [2.45, 2.75) is 92.0 Å². The van der Waals surface area contributed by atoms with Crippen molar-refractivity contribution in [3.8, 4) is 0 Å². The van der Waals surface area contributed by atoms with Crippen LogP contribution in [-0.2, 0) is 14.4 Å². The van der Waals surface area contributed by atoms with E-state index in [9.17, 15) is 34.8 Å². The number of Topliss-reactive ketones (excluding diaryl/α,β-unsaturated/α-hetero) is 2. The van der Waals surface area contributed by atoms with Gasteiger partial charge in [0.2, 0.25) is 5.78 Å². The first-order valence-corrected chi connectivity index (χ1v) is 13.2. The Balaban J connectivity index is 1.82. The summed E-state index contributed by atoms with van der Waals surface area (Å²) in [5.74, 6) is -2.98. The van der Waals surface area contributed by atoms with Crippen LogP contribution in [0.4, 0.5) is 0 Å². The lowest BCUT2D eigenvalue weighted by Crippen LogP contribution is -2.64. The zero-order chi connectivity index (χ0) is 28.1. The van der Waals surface area contributed by atoms with Gasteiger partial charge in [-0.1, -0.05) is 38.5 Å². The molecule has 204 valence electrons. The van der Waals surface area contributed by atoms with Crippen molar-refractivity contribution in [3.05, 3.63) is 35.6 Å². The van der Waals surface area contributed by atoms with Crippen LogP contribution in [0.25, 0.3) is 0 Å². The Morgan fingerprint density at radius 2 is 1.65 bits per heavy atom. The highest BCUT2D eigenvalue weighted by atomic mass is 16.3. The van der Waals surface area contributed by atoms with Crippen LogP contribution in [0.3, 0.4) is 0 Å². The Morgan fingerprint density at radius 3 is 2.22 bits per heavy atom. The SMILES string of the molecule is CC(C)(O)/C=C/C(=O)C(C)(O)C1C(O)CC2(C)C3CC=C4C(C=C(O)C(=O)C4(C)C)C3(C)C(=O)CC12C. The number of carbonyl (C=O) groups excluding carboxylic acids is 3. The summed E-state index contributed by atoms with van der Waals surface area (Å²) in [6.07, 6.45) is 5.85. The second-order valence-corrected chi connectivity index (χ2v) is 13.9. The molecule has 2 fully saturated rings. The molecule has 0 heterocycles. The quantitative estimate of drug-likeness (QED) is 0.333. The molecule has 4 aliphatic rings. The van der Waals surface area contributed by atoms with Crippen molar-refractivity contribution < 1.29 is 34.8 Å². The maximum Gasteiger partial charge on any atom is 0.206 e. The summed E-state index contributed by atoms with van der Waals surface area (Å²) in [5, 5.41) is 43.6. The van der Waals surface area contributed by atoms with Gasteiger partial charge in [-0.05, 0) is 76.4 Å². The Kier molecular flexibility index (Phi) is 6.01. The van der Waals surface area contributed by atoms with Gasteiger partial charge < -0.3 is 20.4 Å². The van der Waals surface area contributed by atoms with Crippen molar-refractivity contribution in [3.63, 3.8) is 0 Å². The predicted octanol–water partition coefficient (Wildman–Crippen LogP) is 3.62. The number of rotatable bonds is 4. The van der Waals surface area contributed by atoms with Crippen LogP contribution in [-0.4, -0.2) is 55.1 Å². The maximum absolute atomic E-state index is 14.2. The normalized spacial score (nSPS) is 42.9. The number of ketones is 3. The molecule has 2 saturated carbocycles. The molecule has 0 aliphatic heterocycles. The number of hydrogen-bond acceptors (Lipinski definition) is 7. The molecule has 0 amide bonds. The van der Waals surface area contributed by atoms with E-state index in [2.05, 4.69) is 0 Å². The van der Waals surface area contributed by atoms with Crippen LogP contribution in [0.2, 0.25) is 0 Å². The van der Waals surface area contributed by atoms with Crippen LogP contribution >= 0.6 is 0 Å². The average Bonchev–Trinajstić information content (AvgIpc) is 2.96. The fourth-order valence-electron chi connectivity index (χ4n) is 8.58. The number of aliphatic hydroxyl groups is 4. The molecule has 0 radical (unpaired) electrons. The number of hydrogen-bond donors (Lipinski definition) is 4. The molecular weight excluding hydrogens is 472 g/mol. The van der Waals surface area contributed by atoms with E-state index in [1.54, 1.807) is 13.8 Å². The third-order valence-corrected chi connectivity index (χ3v) is 10.8. The topological polar surface area (TPSA) is 132 Å². The minimum atomic E-state index is -1.96. The van der Waals surface area contributed by atoms with Gasteiger partial charge in [0.25, 0.3) is 0 Å². The molecule has 0 spiro atoms. The van der Waals surface area contributed by atoms with Gasteiger partial charge in [0.15, 0.2) is 11.5 Å². The Hall–Kier alpha value is -2.09. The van der Waals surface area contributed by atoms with Crippen molar-refractivity contribution in [1.82, 2.24) is 0 Å². The number of allylic oxidation sites excluding steroid dienone is 4. The second kappa shape index (κ2) is 7.96. The zero-order valence-electron chi connectivity index (χ0n) is 23.3. The molecular formula is C30H42O7.